The van der Waals surface area contributed by atoms with Crippen molar-refractivity contribution < 1.29 is 15.0 Å². The summed E-state index contributed by atoms with van der Waals surface area (Å²) in [6.45, 7) is 1.84. The molecular weight excluding hydrogens is 158 g/mol. The van der Waals surface area contributed by atoms with Crippen LogP contribution in [0.5, 0.6) is 5.75 Å². The van der Waals surface area contributed by atoms with Crippen molar-refractivity contribution in [2.45, 2.75) is 6.92 Å². The number of nitrogens with zero attached hydrogens (tertiary/aromatic N) is 1. The van der Waals surface area contributed by atoms with Gasteiger partial charge in [0.1, 0.15) is 5.75 Å². The molecule has 0 aromatic carbocycles. The van der Waals surface area contributed by atoms with E-state index in [1.807, 2.05) is 6.92 Å². The summed E-state index contributed by atoms with van der Waals surface area (Å²) in [6, 6.07) is 1.73. The summed E-state index contributed by atoms with van der Waals surface area (Å²) in [6.07, 6.45) is 2.23. The maximum Gasteiger partial charge on any atom is 0.155 e. The van der Waals surface area contributed by atoms with Gasteiger partial charge in [0.25, 0.3) is 0 Å². The number of pyridine rings is 1. The van der Waals surface area contributed by atoms with Gasteiger partial charge >= 0.3 is 0 Å². The third-order valence-electron chi connectivity index (χ3n) is 1.38. The number of aromatic nitrogens is 1. The molecule has 0 radical (unpaired) electrons. The molecule has 0 saturated heterocycles. The molecule has 4 nitrogen and oxygen atoms in total. The van der Waals surface area contributed by atoms with Gasteiger partial charge in [-0.2, -0.15) is 0 Å². The van der Waals surface area contributed by atoms with Gasteiger partial charge in [0.15, 0.2) is 6.29 Å². The predicted molar refractivity (Wildman–Crippen MR) is 44.5 cm³/mol. The summed E-state index contributed by atoms with van der Waals surface area (Å²) in [5.74, 6) is 0.576. The van der Waals surface area contributed by atoms with Gasteiger partial charge in [-0.3, -0.25) is 9.78 Å². The molecule has 66 valence electrons. The van der Waals surface area contributed by atoms with E-state index in [1.54, 1.807) is 6.07 Å². The second-order valence-corrected chi connectivity index (χ2v) is 2.19. The Morgan fingerprint density at radius 2 is 2.25 bits per heavy atom. The molecule has 1 aromatic rings. The van der Waals surface area contributed by atoms with Crippen molar-refractivity contribution in [2.75, 3.05) is 7.11 Å². The van der Waals surface area contributed by atoms with Crippen LogP contribution in [0.1, 0.15) is 16.1 Å². The van der Waals surface area contributed by atoms with Crippen LogP contribution in [-0.2, 0) is 0 Å². The molecule has 12 heavy (non-hydrogen) atoms. The zero-order valence-corrected chi connectivity index (χ0v) is 7.00. The van der Waals surface area contributed by atoms with E-state index >= 15 is 0 Å². The SMILES string of the molecule is COc1cc(C)ncc1C=O.O. The molecule has 0 atom stereocenters. The summed E-state index contributed by atoms with van der Waals surface area (Å²) < 4.78 is 4.95. The largest absolute Gasteiger partial charge is 0.496 e. The molecule has 0 aliphatic carbocycles. The topological polar surface area (TPSA) is 70.7 Å². The Kier molecular flexibility index (Phi) is 3.93. The number of hydrogen-bond donors (Lipinski definition) is 0. The van der Waals surface area contributed by atoms with Crippen LogP contribution in [0, 0.1) is 6.92 Å². The van der Waals surface area contributed by atoms with Crippen LogP contribution < -0.4 is 4.74 Å². The van der Waals surface area contributed by atoms with Crippen molar-refractivity contribution in [3.05, 3.63) is 23.5 Å². The number of carbonyl (C=O) groups excluding carboxylic acids is 1. The van der Waals surface area contributed by atoms with E-state index in [4.69, 9.17) is 4.74 Å². The summed E-state index contributed by atoms with van der Waals surface area (Å²) in [7, 11) is 1.53. The van der Waals surface area contributed by atoms with Gasteiger partial charge in [-0.05, 0) is 6.92 Å². The maximum atomic E-state index is 10.4. The standard InChI is InChI=1S/C8H9NO2.H2O/c1-6-3-8(11-2)7(5-10)4-9-6;/h3-5H,1-2H3;1H2. The number of rotatable bonds is 2. The van der Waals surface area contributed by atoms with Crippen LogP contribution in [0.4, 0.5) is 0 Å². The molecule has 0 unspecified atom stereocenters. The van der Waals surface area contributed by atoms with Gasteiger partial charge in [0.05, 0.1) is 12.7 Å². The maximum absolute atomic E-state index is 10.4. The molecule has 0 bridgehead atoms. The third kappa shape index (κ3) is 2.03. The lowest BCUT2D eigenvalue weighted by Crippen LogP contribution is -1.92. The average Bonchev–Trinajstić information content (AvgIpc) is 2.04. The van der Waals surface area contributed by atoms with Crippen LogP contribution >= 0.6 is 0 Å². The van der Waals surface area contributed by atoms with Crippen LogP contribution in [0.15, 0.2) is 12.3 Å². The smallest absolute Gasteiger partial charge is 0.155 e. The lowest BCUT2D eigenvalue weighted by Gasteiger charge is -2.02. The summed E-state index contributed by atoms with van der Waals surface area (Å²) in [4.78, 5) is 14.3. The molecule has 1 rings (SSSR count). The molecule has 2 N–H and O–H groups in total. The van der Waals surface area contributed by atoms with E-state index < -0.39 is 0 Å². The number of methoxy groups -OCH3 is 1. The first-order chi connectivity index (χ1) is 5.27. The fraction of sp³-hybridized carbons (Fsp3) is 0.250. The number of hydrogen-bond acceptors (Lipinski definition) is 3. The van der Waals surface area contributed by atoms with Gasteiger partial charge in [-0.15, -0.1) is 0 Å². The highest BCUT2D eigenvalue weighted by Gasteiger charge is 2.00. The number of aryl methyl sites for hydroxylation is 1. The first-order valence-corrected chi connectivity index (χ1v) is 3.23. The molecule has 0 aliphatic heterocycles. The van der Waals surface area contributed by atoms with Crippen molar-refractivity contribution in [2.24, 2.45) is 0 Å². The molecule has 0 amide bonds. The van der Waals surface area contributed by atoms with E-state index in [9.17, 15) is 4.79 Å². The highest BCUT2D eigenvalue weighted by Crippen LogP contribution is 2.15. The fourth-order valence-corrected chi connectivity index (χ4v) is 0.811. The van der Waals surface area contributed by atoms with Crippen LogP contribution in [0.2, 0.25) is 0 Å². The molecule has 0 saturated carbocycles. The minimum absolute atomic E-state index is 0. The quantitative estimate of drug-likeness (QED) is 0.601. The predicted octanol–water partition coefficient (Wildman–Crippen LogP) is 0.386. The Hall–Kier alpha value is -1.42. The zero-order chi connectivity index (χ0) is 8.27. The van der Waals surface area contributed by atoms with Crippen LogP contribution in [0.25, 0.3) is 0 Å². The zero-order valence-electron chi connectivity index (χ0n) is 7.00. The second kappa shape index (κ2) is 4.46. The van der Waals surface area contributed by atoms with Crippen molar-refractivity contribution in [1.82, 2.24) is 4.98 Å². The van der Waals surface area contributed by atoms with E-state index in [0.717, 1.165) is 12.0 Å². The first-order valence-electron chi connectivity index (χ1n) is 3.23. The van der Waals surface area contributed by atoms with E-state index in [0.29, 0.717) is 11.3 Å². The highest BCUT2D eigenvalue weighted by molar-refractivity contribution is 5.78. The minimum atomic E-state index is 0. The number of aldehydes is 1. The van der Waals surface area contributed by atoms with Crippen molar-refractivity contribution >= 4 is 6.29 Å². The number of ether oxygens (including phenoxy) is 1. The van der Waals surface area contributed by atoms with Crippen molar-refractivity contribution in [3.63, 3.8) is 0 Å². The molecule has 0 spiro atoms. The van der Waals surface area contributed by atoms with E-state index in [1.165, 1.54) is 13.3 Å². The Labute approximate surface area is 70.5 Å². The van der Waals surface area contributed by atoms with Crippen LogP contribution in [0.3, 0.4) is 0 Å². The summed E-state index contributed by atoms with van der Waals surface area (Å²) >= 11 is 0. The Bertz CT molecular complexity index is 273. The first kappa shape index (κ1) is 10.6. The second-order valence-electron chi connectivity index (χ2n) is 2.19. The highest BCUT2D eigenvalue weighted by atomic mass is 16.5. The molecule has 0 aliphatic rings. The molecular formula is C8H11NO3. The minimum Gasteiger partial charge on any atom is -0.496 e. The number of carbonyl (C=O) groups is 1. The monoisotopic (exact) mass is 169 g/mol. The van der Waals surface area contributed by atoms with Gasteiger partial charge in [0, 0.05) is 18.0 Å². The third-order valence-corrected chi connectivity index (χ3v) is 1.38. The lowest BCUT2D eigenvalue weighted by atomic mass is 10.2. The Morgan fingerprint density at radius 3 is 2.75 bits per heavy atom. The van der Waals surface area contributed by atoms with Gasteiger partial charge < -0.3 is 10.2 Å². The van der Waals surface area contributed by atoms with E-state index in [2.05, 4.69) is 4.98 Å². The lowest BCUT2D eigenvalue weighted by molar-refractivity contribution is 0.112. The average molecular weight is 169 g/mol. The summed E-state index contributed by atoms with van der Waals surface area (Å²) in [5.41, 5.74) is 1.32. The Balaban J connectivity index is 0.00000121. The molecule has 4 heteroatoms. The van der Waals surface area contributed by atoms with Crippen molar-refractivity contribution in [3.8, 4) is 5.75 Å². The normalized spacial score (nSPS) is 8.50. The molecule has 1 aromatic heterocycles. The summed E-state index contributed by atoms with van der Waals surface area (Å²) in [5, 5.41) is 0. The van der Waals surface area contributed by atoms with Crippen molar-refractivity contribution in [1.29, 1.82) is 0 Å². The van der Waals surface area contributed by atoms with E-state index in [-0.39, 0.29) is 5.48 Å². The Morgan fingerprint density at radius 1 is 1.58 bits per heavy atom. The van der Waals surface area contributed by atoms with Gasteiger partial charge in [-0.25, -0.2) is 0 Å². The van der Waals surface area contributed by atoms with Crippen LogP contribution in [-0.4, -0.2) is 23.9 Å². The van der Waals surface area contributed by atoms with Gasteiger partial charge in [0.2, 0.25) is 0 Å². The molecule has 1 heterocycles. The molecule has 0 fully saturated rings. The van der Waals surface area contributed by atoms with Gasteiger partial charge in [-0.1, -0.05) is 0 Å². The fourth-order valence-electron chi connectivity index (χ4n) is 0.811.